The highest BCUT2D eigenvalue weighted by atomic mass is 32.2. The Morgan fingerprint density at radius 2 is 2.60 bits per heavy atom. The van der Waals surface area contributed by atoms with Crippen LogP contribution in [0.5, 0.6) is 0 Å². The van der Waals surface area contributed by atoms with Gasteiger partial charge >= 0.3 is 0 Å². The Labute approximate surface area is 60.1 Å². The predicted molar refractivity (Wildman–Crippen MR) is 37.9 cm³/mol. The standard InChI is InChI=1S/C4H6N4OS/c9-10-4-3(6-8-10)1-2-5-7-4/h1-2,4,6-8H. The molecule has 2 unspecified atom stereocenters. The van der Waals surface area contributed by atoms with Crippen LogP contribution < -0.4 is 15.7 Å². The molecule has 0 saturated carbocycles. The Morgan fingerprint density at radius 1 is 1.70 bits per heavy atom. The molecule has 1 saturated heterocycles. The molecule has 2 heterocycles. The highest BCUT2D eigenvalue weighted by Gasteiger charge is 2.28. The number of fused-ring (bicyclic) bond motifs is 1. The van der Waals surface area contributed by atoms with Gasteiger partial charge in [0.1, 0.15) is 11.0 Å². The molecule has 2 atom stereocenters. The third kappa shape index (κ3) is 0.729. The summed E-state index contributed by atoms with van der Waals surface area (Å²) in [7, 11) is -1.09. The van der Waals surface area contributed by atoms with Crippen LogP contribution in [0.15, 0.2) is 16.9 Å². The van der Waals surface area contributed by atoms with E-state index in [1.54, 1.807) is 12.3 Å². The molecule has 6 heteroatoms. The van der Waals surface area contributed by atoms with Gasteiger partial charge in [-0.25, -0.2) is 4.21 Å². The van der Waals surface area contributed by atoms with Crippen molar-refractivity contribution in [3.63, 3.8) is 0 Å². The minimum absolute atomic E-state index is 0.204. The minimum atomic E-state index is -1.09. The van der Waals surface area contributed by atoms with Gasteiger partial charge in [-0.1, -0.05) is 0 Å². The molecule has 3 N–H and O–H groups in total. The first-order valence-corrected chi connectivity index (χ1v) is 4.00. The molecule has 0 bridgehead atoms. The van der Waals surface area contributed by atoms with E-state index in [-0.39, 0.29) is 5.37 Å². The van der Waals surface area contributed by atoms with E-state index in [9.17, 15) is 4.21 Å². The van der Waals surface area contributed by atoms with Gasteiger partial charge in [0.05, 0.1) is 5.70 Å². The van der Waals surface area contributed by atoms with Crippen molar-refractivity contribution in [3.8, 4) is 0 Å². The van der Waals surface area contributed by atoms with E-state index in [1.807, 2.05) is 0 Å². The van der Waals surface area contributed by atoms with Crippen LogP contribution in [0.2, 0.25) is 0 Å². The van der Waals surface area contributed by atoms with E-state index in [2.05, 4.69) is 20.8 Å². The summed E-state index contributed by atoms with van der Waals surface area (Å²) in [5, 5.41) is 3.54. The fraction of sp³-hybridized carbons (Fsp3) is 0.250. The number of allylic oxidation sites excluding steroid dienone is 1. The zero-order valence-electron chi connectivity index (χ0n) is 5.00. The Bertz CT molecular complexity index is 235. The normalized spacial score (nSPS) is 35.8. The van der Waals surface area contributed by atoms with E-state index in [0.717, 1.165) is 5.70 Å². The van der Waals surface area contributed by atoms with Gasteiger partial charge in [0, 0.05) is 6.21 Å². The van der Waals surface area contributed by atoms with Crippen molar-refractivity contribution in [1.82, 2.24) is 15.7 Å². The second-order valence-corrected chi connectivity index (χ2v) is 3.20. The topological polar surface area (TPSA) is 65.5 Å². The van der Waals surface area contributed by atoms with E-state index in [1.165, 1.54) is 0 Å². The smallest absolute Gasteiger partial charge is 0.175 e. The van der Waals surface area contributed by atoms with Crippen LogP contribution in [0.25, 0.3) is 0 Å². The van der Waals surface area contributed by atoms with Gasteiger partial charge in [-0.05, 0) is 6.08 Å². The fourth-order valence-corrected chi connectivity index (χ4v) is 1.68. The number of hydrogen-bond acceptors (Lipinski definition) is 4. The average Bonchev–Trinajstić information content (AvgIpc) is 2.34. The molecule has 5 nitrogen and oxygen atoms in total. The summed E-state index contributed by atoms with van der Waals surface area (Å²) < 4.78 is 11.0. The van der Waals surface area contributed by atoms with Gasteiger partial charge in [0.15, 0.2) is 5.37 Å². The molecule has 0 amide bonds. The molecular weight excluding hydrogens is 152 g/mol. The summed E-state index contributed by atoms with van der Waals surface area (Å²) in [5.74, 6) is 0. The fourth-order valence-electron chi connectivity index (χ4n) is 0.824. The SMILES string of the molecule is O=S1NNC2=CC=NNC21. The zero-order valence-corrected chi connectivity index (χ0v) is 5.81. The molecule has 0 aromatic heterocycles. The van der Waals surface area contributed by atoms with Crippen LogP contribution in [0, 0.1) is 0 Å². The molecule has 0 aromatic carbocycles. The number of hydrazine groups is 1. The zero-order chi connectivity index (χ0) is 6.97. The second-order valence-electron chi connectivity index (χ2n) is 1.93. The molecule has 10 heavy (non-hydrogen) atoms. The van der Waals surface area contributed by atoms with Crippen LogP contribution in [0.1, 0.15) is 0 Å². The lowest BCUT2D eigenvalue weighted by Crippen LogP contribution is -2.30. The highest BCUT2D eigenvalue weighted by molar-refractivity contribution is 7.84. The lowest BCUT2D eigenvalue weighted by molar-refractivity contribution is 0.661. The lowest BCUT2D eigenvalue weighted by Gasteiger charge is -2.09. The number of hydrogen-bond donors (Lipinski definition) is 3. The molecule has 0 aliphatic carbocycles. The van der Waals surface area contributed by atoms with Crippen molar-refractivity contribution in [2.75, 3.05) is 0 Å². The van der Waals surface area contributed by atoms with Gasteiger partial charge < -0.3 is 5.43 Å². The number of nitrogens with zero attached hydrogens (tertiary/aromatic N) is 1. The van der Waals surface area contributed by atoms with Crippen molar-refractivity contribution >= 4 is 17.2 Å². The quantitative estimate of drug-likeness (QED) is 0.404. The van der Waals surface area contributed by atoms with E-state index in [4.69, 9.17) is 0 Å². The Hall–Kier alpha value is -0.880. The maximum atomic E-state index is 11.0. The van der Waals surface area contributed by atoms with Crippen molar-refractivity contribution in [2.45, 2.75) is 5.37 Å². The Kier molecular flexibility index (Phi) is 1.21. The van der Waals surface area contributed by atoms with Crippen molar-refractivity contribution in [1.29, 1.82) is 0 Å². The first-order chi connectivity index (χ1) is 4.88. The minimum Gasteiger partial charge on any atom is -0.311 e. The largest absolute Gasteiger partial charge is 0.311 e. The van der Waals surface area contributed by atoms with Crippen LogP contribution >= 0.6 is 0 Å². The van der Waals surface area contributed by atoms with Crippen LogP contribution in [-0.2, 0) is 11.0 Å². The van der Waals surface area contributed by atoms with Gasteiger partial charge in [-0.15, -0.1) is 0 Å². The molecule has 2 rings (SSSR count). The van der Waals surface area contributed by atoms with Crippen molar-refractivity contribution in [2.24, 2.45) is 5.10 Å². The summed E-state index contributed by atoms with van der Waals surface area (Å²) in [6.07, 6.45) is 3.39. The first kappa shape index (κ1) is 5.87. The van der Waals surface area contributed by atoms with Gasteiger partial charge in [0.25, 0.3) is 0 Å². The molecule has 1 fully saturated rings. The lowest BCUT2D eigenvalue weighted by atomic mass is 10.4. The van der Waals surface area contributed by atoms with Crippen LogP contribution in [0.3, 0.4) is 0 Å². The summed E-state index contributed by atoms with van der Waals surface area (Å²) in [5.41, 5.74) is 6.34. The number of hydrazone groups is 1. The third-order valence-electron chi connectivity index (χ3n) is 1.31. The van der Waals surface area contributed by atoms with E-state index < -0.39 is 11.0 Å². The van der Waals surface area contributed by atoms with E-state index in [0.29, 0.717) is 0 Å². The Balaban J connectivity index is 2.31. The molecule has 54 valence electrons. The Morgan fingerprint density at radius 3 is 3.40 bits per heavy atom. The molecule has 2 aliphatic heterocycles. The third-order valence-corrected chi connectivity index (χ3v) is 2.40. The second kappa shape index (κ2) is 2.06. The van der Waals surface area contributed by atoms with Crippen molar-refractivity contribution in [3.05, 3.63) is 11.8 Å². The van der Waals surface area contributed by atoms with Crippen LogP contribution in [-0.4, -0.2) is 15.8 Å². The van der Waals surface area contributed by atoms with Crippen molar-refractivity contribution < 1.29 is 4.21 Å². The van der Waals surface area contributed by atoms with Crippen LogP contribution in [0.4, 0.5) is 0 Å². The molecule has 0 radical (unpaired) electrons. The summed E-state index contributed by atoms with van der Waals surface area (Å²) in [6.45, 7) is 0. The van der Waals surface area contributed by atoms with Gasteiger partial charge in [0.2, 0.25) is 0 Å². The average molecular weight is 158 g/mol. The van der Waals surface area contributed by atoms with E-state index >= 15 is 0 Å². The predicted octanol–water partition coefficient (Wildman–Crippen LogP) is -1.44. The summed E-state index contributed by atoms with van der Waals surface area (Å²) in [4.78, 5) is 2.57. The van der Waals surface area contributed by atoms with Gasteiger partial charge in [-0.3, -0.25) is 5.43 Å². The molecule has 0 spiro atoms. The maximum absolute atomic E-state index is 11.0. The van der Waals surface area contributed by atoms with Gasteiger partial charge in [-0.2, -0.15) is 9.93 Å². The highest BCUT2D eigenvalue weighted by Crippen LogP contribution is 2.08. The first-order valence-electron chi connectivity index (χ1n) is 2.79. The number of rotatable bonds is 0. The molecule has 0 aromatic rings. The molecular formula is C4H6N4OS. The molecule has 2 aliphatic rings. The number of nitrogens with one attached hydrogen (secondary N) is 3. The monoisotopic (exact) mass is 158 g/mol. The maximum Gasteiger partial charge on any atom is 0.175 e. The summed E-state index contributed by atoms with van der Waals surface area (Å²) in [6, 6.07) is 0. The summed E-state index contributed by atoms with van der Waals surface area (Å²) >= 11 is 0.